The van der Waals surface area contributed by atoms with Gasteiger partial charge in [-0.25, -0.2) is 0 Å². The fourth-order valence-electron chi connectivity index (χ4n) is 9.39. The van der Waals surface area contributed by atoms with E-state index in [0.29, 0.717) is 0 Å². The van der Waals surface area contributed by atoms with E-state index in [4.69, 9.17) is 0 Å². The molecule has 1 aliphatic carbocycles. The van der Waals surface area contributed by atoms with E-state index in [1.54, 1.807) is 0 Å². The average Bonchev–Trinajstić information content (AvgIpc) is 3.57. The lowest BCUT2D eigenvalue weighted by Crippen LogP contribution is -2.28. The highest BCUT2D eigenvalue weighted by atomic mass is 15.1. The zero-order valence-electron chi connectivity index (χ0n) is 30.8. The summed E-state index contributed by atoms with van der Waals surface area (Å²) in [6.07, 6.45) is 0. The Kier molecular flexibility index (Phi) is 7.47. The van der Waals surface area contributed by atoms with E-state index in [1.807, 2.05) is 0 Å². The number of fused-ring (bicyclic) bond motifs is 7. The van der Waals surface area contributed by atoms with Gasteiger partial charge in [-0.15, -0.1) is 0 Å². The minimum Gasteiger partial charge on any atom is -0.310 e. The number of benzene rings is 10. The lowest BCUT2D eigenvalue weighted by molar-refractivity contribution is 0.768. The van der Waals surface area contributed by atoms with Crippen molar-refractivity contribution in [2.45, 2.75) is 5.41 Å². The third-order valence-electron chi connectivity index (χ3n) is 11.9. The Bertz CT molecular complexity index is 3030. The van der Waals surface area contributed by atoms with E-state index >= 15 is 0 Å². The topological polar surface area (TPSA) is 3.24 Å². The Morgan fingerprint density at radius 2 is 0.857 bits per heavy atom. The summed E-state index contributed by atoms with van der Waals surface area (Å²) in [5, 5.41) is 7.44. The Labute approximate surface area is 327 Å². The minimum absolute atomic E-state index is 0.498. The molecule has 1 aliphatic rings. The molecule has 10 aromatic rings. The van der Waals surface area contributed by atoms with Gasteiger partial charge in [-0.05, 0) is 108 Å². The van der Waals surface area contributed by atoms with Crippen molar-refractivity contribution in [3.05, 3.63) is 247 Å². The lowest BCUT2D eigenvalue weighted by atomic mass is 9.67. The van der Waals surface area contributed by atoms with Gasteiger partial charge in [-0.1, -0.05) is 188 Å². The molecule has 262 valence electrons. The van der Waals surface area contributed by atoms with Crippen LogP contribution in [-0.2, 0) is 5.41 Å². The van der Waals surface area contributed by atoms with Crippen LogP contribution in [0.1, 0.15) is 22.3 Å². The second kappa shape index (κ2) is 13.0. The molecule has 0 radical (unpaired) electrons. The first-order valence-corrected chi connectivity index (χ1v) is 19.4. The number of rotatable bonds is 6. The van der Waals surface area contributed by atoms with Gasteiger partial charge in [-0.2, -0.15) is 0 Å². The van der Waals surface area contributed by atoms with Gasteiger partial charge in [0.15, 0.2) is 0 Å². The number of anilines is 3. The van der Waals surface area contributed by atoms with Gasteiger partial charge < -0.3 is 4.90 Å². The van der Waals surface area contributed by atoms with E-state index in [2.05, 4.69) is 229 Å². The monoisotopic (exact) mass is 711 g/mol. The van der Waals surface area contributed by atoms with Crippen LogP contribution in [0, 0.1) is 0 Å². The molecule has 0 atom stereocenters. The number of hydrogen-bond acceptors (Lipinski definition) is 1. The predicted molar refractivity (Wildman–Crippen MR) is 236 cm³/mol. The van der Waals surface area contributed by atoms with Gasteiger partial charge in [0.2, 0.25) is 0 Å². The van der Waals surface area contributed by atoms with Crippen LogP contribution in [0.5, 0.6) is 0 Å². The second-order valence-corrected chi connectivity index (χ2v) is 14.9. The third-order valence-corrected chi connectivity index (χ3v) is 11.9. The minimum atomic E-state index is -0.498. The molecule has 0 aliphatic heterocycles. The summed E-state index contributed by atoms with van der Waals surface area (Å²) < 4.78 is 0. The van der Waals surface area contributed by atoms with Crippen LogP contribution in [-0.4, -0.2) is 0 Å². The summed E-state index contributed by atoms with van der Waals surface area (Å²) in [6.45, 7) is 0. The summed E-state index contributed by atoms with van der Waals surface area (Å²) >= 11 is 0. The Balaban J connectivity index is 1.17. The van der Waals surface area contributed by atoms with Crippen LogP contribution in [0.2, 0.25) is 0 Å². The van der Waals surface area contributed by atoms with Gasteiger partial charge in [0.1, 0.15) is 0 Å². The molecule has 0 saturated heterocycles. The Hall–Kier alpha value is -7.22. The normalized spacial score (nSPS) is 12.8. The van der Waals surface area contributed by atoms with Crippen molar-refractivity contribution in [3.8, 4) is 22.3 Å². The first kappa shape index (κ1) is 32.2. The molecule has 1 heteroatoms. The molecule has 0 aromatic heterocycles. The SMILES string of the molecule is c1ccc(C2(c3ccccc3)c3ccccc3-c3ccc(N(c4ccc(-c5ccc6ccccc6c5)cc4)c4cc5ccccc5c5ccccc45)cc32)cc1. The van der Waals surface area contributed by atoms with Crippen LogP contribution in [0.4, 0.5) is 17.1 Å². The summed E-state index contributed by atoms with van der Waals surface area (Å²) in [4.78, 5) is 2.48. The van der Waals surface area contributed by atoms with Crippen molar-refractivity contribution in [3.63, 3.8) is 0 Å². The first-order valence-electron chi connectivity index (χ1n) is 19.4. The van der Waals surface area contributed by atoms with Crippen LogP contribution in [0.15, 0.2) is 224 Å². The van der Waals surface area contributed by atoms with Crippen molar-refractivity contribution in [2.24, 2.45) is 0 Å². The largest absolute Gasteiger partial charge is 0.310 e. The highest BCUT2D eigenvalue weighted by molar-refractivity contribution is 6.14. The molecule has 0 heterocycles. The molecular formula is C55H37N. The van der Waals surface area contributed by atoms with Crippen LogP contribution in [0.3, 0.4) is 0 Å². The van der Waals surface area contributed by atoms with Crippen molar-refractivity contribution < 1.29 is 0 Å². The van der Waals surface area contributed by atoms with E-state index in [0.717, 1.165) is 17.1 Å². The van der Waals surface area contributed by atoms with Gasteiger partial charge in [0, 0.05) is 16.8 Å². The van der Waals surface area contributed by atoms with Gasteiger partial charge >= 0.3 is 0 Å². The molecule has 0 spiro atoms. The predicted octanol–water partition coefficient (Wildman–Crippen LogP) is 14.6. The molecule has 56 heavy (non-hydrogen) atoms. The fraction of sp³-hybridized carbons (Fsp3) is 0.0182. The Morgan fingerprint density at radius 3 is 1.61 bits per heavy atom. The molecular weight excluding hydrogens is 675 g/mol. The maximum Gasteiger partial charge on any atom is 0.0714 e. The molecule has 0 fully saturated rings. The summed E-state index contributed by atoms with van der Waals surface area (Å²) in [5.74, 6) is 0. The highest BCUT2D eigenvalue weighted by Gasteiger charge is 2.46. The van der Waals surface area contributed by atoms with Crippen molar-refractivity contribution in [1.29, 1.82) is 0 Å². The number of hydrogen-bond donors (Lipinski definition) is 0. The van der Waals surface area contributed by atoms with E-state index in [9.17, 15) is 0 Å². The molecule has 0 N–H and O–H groups in total. The standard InChI is InChI=1S/C55H37N/c1-3-18-43(19-4-1)55(44-20-5-2-6-21-44)52-26-14-13-24-49(52)50-34-33-46(37-53(50)55)56(54-36-42-17-9-10-22-47(42)48-23-11-12-25-51(48)54)45-31-29-39(30-32-45)41-28-27-38-15-7-8-16-40(38)35-41/h1-37H. The van der Waals surface area contributed by atoms with E-state index < -0.39 is 5.41 Å². The summed E-state index contributed by atoms with van der Waals surface area (Å²) in [5.41, 5.74) is 13.0. The summed E-state index contributed by atoms with van der Waals surface area (Å²) in [6, 6.07) is 82.7. The fourth-order valence-corrected chi connectivity index (χ4v) is 9.39. The van der Waals surface area contributed by atoms with E-state index in [-0.39, 0.29) is 0 Å². The number of nitrogens with zero attached hydrogens (tertiary/aromatic N) is 1. The molecule has 0 bridgehead atoms. The molecule has 0 amide bonds. The lowest BCUT2D eigenvalue weighted by Gasteiger charge is -2.35. The van der Waals surface area contributed by atoms with Crippen LogP contribution >= 0.6 is 0 Å². The maximum absolute atomic E-state index is 2.48. The first-order chi connectivity index (χ1) is 27.8. The summed E-state index contributed by atoms with van der Waals surface area (Å²) in [7, 11) is 0. The molecule has 11 rings (SSSR count). The smallest absolute Gasteiger partial charge is 0.0714 e. The van der Waals surface area contributed by atoms with Gasteiger partial charge in [-0.3, -0.25) is 0 Å². The van der Waals surface area contributed by atoms with Crippen LogP contribution in [0.25, 0.3) is 54.6 Å². The van der Waals surface area contributed by atoms with Crippen molar-refractivity contribution in [1.82, 2.24) is 0 Å². The van der Waals surface area contributed by atoms with E-state index in [1.165, 1.54) is 76.8 Å². The quantitative estimate of drug-likeness (QED) is 0.155. The maximum atomic E-state index is 2.48. The zero-order valence-corrected chi connectivity index (χ0v) is 30.8. The van der Waals surface area contributed by atoms with Crippen LogP contribution < -0.4 is 4.90 Å². The van der Waals surface area contributed by atoms with Gasteiger partial charge in [0.25, 0.3) is 0 Å². The van der Waals surface area contributed by atoms with Gasteiger partial charge in [0.05, 0.1) is 11.1 Å². The van der Waals surface area contributed by atoms with Crippen molar-refractivity contribution in [2.75, 3.05) is 4.90 Å². The van der Waals surface area contributed by atoms with Crippen molar-refractivity contribution >= 4 is 49.4 Å². The average molecular weight is 712 g/mol. The third kappa shape index (κ3) is 4.95. The Morgan fingerprint density at radius 1 is 0.304 bits per heavy atom. The second-order valence-electron chi connectivity index (χ2n) is 14.9. The zero-order chi connectivity index (χ0) is 37.1. The molecule has 1 nitrogen and oxygen atoms in total. The molecule has 10 aromatic carbocycles. The highest BCUT2D eigenvalue weighted by Crippen LogP contribution is 2.57. The molecule has 0 saturated carbocycles. The molecule has 0 unspecified atom stereocenters.